The minimum absolute atomic E-state index is 0.0972. The lowest BCUT2D eigenvalue weighted by atomic mass is 10.2. The summed E-state index contributed by atoms with van der Waals surface area (Å²) in [4.78, 5) is 0. The fourth-order valence-corrected chi connectivity index (χ4v) is 1.14. The predicted molar refractivity (Wildman–Crippen MR) is 37.4 cm³/mol. The molecule has 0 saturated carbocycles. The summed E-state index contributed by atoms with van der Waals surface area (Å²) in [5, 5.41) is 4.42. The van der Waals surface area contributed by atoms with Crippen molar-refractivity contribution in [3.63, 3.8) is 0 Å². The highest BCUT2D eigenvalue weighted by molar-refractivity contribution is 7.89. The smallest absolute Gasteiger partial charge is 0.211 e. The third-order valence-corrected chi connectivity index (χ3v) is 3.04. The van der Waals surface area contributed by atoms with Crippen molar-refractivity contribution in [3.05, 3.63) is 0 Å². The first-order chi connectivity index (χ1) is 3.85. The molecular formula is C5H13NO2S. The average molecular weight is 151 g/mol. The second-order valence-electron chi connectivity index (χ2n) is 2.54. The molecule has 2 N–H and O–H groups in total. The van der Waals surface area contributed by atoms with E-state index in [0.29, 0.717) is 0 Å². The van der Waals surface area contributed by atoms with Gasteiger partial charge in [0.15, 0.2) is 0 Å². The van der Waals surface area contributed by atoms with Gasteiger partial charge in [0.1, 0.15) is 0 Å². The minimum atomic E-state index is -3.30. The van der Waals surface area contributed by atoms with E-state index in [1.807, 2.05) is 13.8 Å². The van der Waals surface area contributed by atoms with Gasteiger partial charge < -0.3 is 0 Å². The van der Waals surface area contributed by atoms with Gasteiger partial charge in [-0.25, -0.2) is 13.6 Å². The van der Waals surface area contributed by atoms with E-state index in [4.69, 9.17) is 5.14 Å². The number of hydrogen-bond donors (Lipinski definition) is 1. The van der Waals surface area contributed by atoms with Gasteiger partial charge in [-0.15, -0.1) is 0 Å². The topological polar surface area (TPSA) is 60.2 Å². The van der Waals surface area contributed by atoms with E-state index >= 15 is 0 Å². The van der Waals surface area contributed by atoms with Crippen molar-refractivity contribution in [2.45, 2.75) is 26.0 Å². The minimum Gasteiger partial charge on any atom is -0.228 e. The van der Waals surface area contributed by atoms with Crippen LogP contribution in [0.1, 0.15) is 20.8 Å². The second-order valence-corrected chi connectivity index (χ2v) is 4.46. The molecule has 0 unspecified atom stereocenters. The fourth-order valence-electron chi connectivity index (χ4n) is 0.379. The molecule has 0 aromatic carbocycles. The van der Waals surface area contributed by atoms with Crippen molar-refractivity contribution in [1.82, 2.24) is 0 Å². The zero-order chi connectivity index (χ0) is 7.65. The predicted octanol–water partition coefficient (Wildman–Crippen LogP) is 0.319. The van der Waals surface area contributed by atoms with Crippen LogP contribution in [0.3, 0.4) is 0 Å². The summed E-state index contributed by atoms with van der Waals surface area (Å²) >= 11 is 0. The summed E-state index contributed by atoms with van der Waals surface area (Å²) in [5.74, 6) is 0.0972. The van der Waals surface area contributed by atoms with Gasteiger partial charge in [0.25, 0.3) is 0 Å². The maximum Gasteiger partial charge on any atom is 0.211 e. The largest absolute Gasteiger partial charge is 0.228 e. The third kappa shape index (κ3) is 2.81. The van der Waals surface area contributed by atoms with E-state index in [1.54, 1.807) is 6.92 Å². The lowest BCUT2D eigenvalue weighted by molar-refractivity contribution is 0.547. The summed E-state index contributed by atoms with van der Waals surface area (Å²) in [6.45, 7) is 5.27. The molecule has 0 radical (unpaired) electrons. The van der Waals surface area contributed by atoms with Crippen molar-refractivity contribution in [2.75, 3.05) is 0 Å². The Hall–Kier alpha value is -0.0900. The van der Waals surface area contributed by atoms with Crippen LogP contribution in [0.25, 0.3) is 0 Å². The van der Waals surface area contributed by atoms with Gasteiger partial charge in [0.2, 0.25) is 10.0 Å². The Balaban J connectivity index is 4.24. The van der Waals surface area contributed by atoms with Crippen LogP contribution in [0, 0.1) is 5.92 Å². The normalized spacial score (nSPS) is 16.1. The van der Waals surface area contributed by atoms with Crippen LogP contribution < -0.4 is 5.14 Å². The molecule has 0 aromatic heterocycles. The molecule has 0 amide bonds. The van der Waals surface area contributed by atoms with Gasteiger partial charge in [-0.05, 0) is 12.8 Å². The summed E-state index contributed by atoms with van der Waals surface area (Å²) in [7, 11) is -3.30. The van der Waals surface area contributed by atoms with Crippen LogP contribution in [0.4, 0.5) is 0 Å². The Labute approximate surface area is 56.3 Å². The molecule has 0 fully saturated rings. The van der Waals surface area contributed by atoms with E-state index in [1.165, 1.54) is 0 Å². The number of sulfonamides is 1. The number of hydrogen-bond acceptors (Lipinski definition) is 2. The molecule has 0 aliphatic rings. The van der Waals surface area contributed by atoms with E-state index in [9.17, 15) is 8.42 Å². The molecule has 0 spiro atoms. The van der Waals surface area contributed by atoms with Gasteiger partial charge in [0, 0.05) is 0 Å². The van der Waals surface area contributed by atoms with Crippen LogP contribution in [0.2, 0.25) is 0 Å². The lowest BCUT2D eigenvalue weighted by Gasteiger charge is -2.11. The Morgan fingerprint density at radius 3 is 1.56 bits per heavy atom. The van der Waals surface area contributed by atoms with Crippen molar-refractivity contribution in [1.29, 1.82) is 0 Å². The van der Waals surface area contributed by atoms with Crippen LogP contribution in [-0.2, 0) is 10.0 Å². The average Bonchev–Trinajstić information content (AvgIpc) is 1.62. The van der Waals surface area contributed by atoms with Gasteiger partial charge in [-0.2, -0.15) is 0 Å². The quantitative estimate of drug-likeness (QED) is 0.617. The SMILES string of the molecule is CC(C)[C@@H](C)S(N)(=O)=O. The highest BCUT2D eigenvalue weighted by Gasteiger charge is 2.18. The monoisotopic (exact) mass is 151 g/mol. The van der Waals surface area contributed by atoms with Crippen molar-refractivity contribution in [2.24, 2.45) is 11.1 Å². The standard InChI is InChI=1S/C5H13NO2S/c1-4(2)5(3)9(6,7)8/h4-5H,1-3H3,(H2,6,7,8)/t5-/m1/s1. The molecule has 0 saturated heterocycles. The van der Waals surface area contributed by atoms with E-state index < -0.39 is 15.3 Å². The Bertz CT molecular complexity index is 171. The highest BCUT2D eigenvalue weighted by atomic mass is 32.2. The second kappa shape index (κ2) is 2.66. The van der Waals surface area contributed by atoms with Crippen LogP contribution >= 0.6 is 0 Å². The lowest BCUT2D eigenvalue weighted by Crippen LogP contribution is -2.29. The molecule has 4 heteroatoms. The first-order valence-electron chi connectivity index (χ1n) is 2.87. The van der Waals surface area contributed by atoms with E-state index in [0.717, 1.165) is 0 Å². The maximum atomic E-state index is 10.6. The first kappa shape index (κ1) is 8.91. The van der Waals surface area contributed by atoms with Crippen LogP contribution in [0.5, 0.6) is 0 Å². The zero-order valence-electron chi connectivity index (χ0n) is 5.96. The molecule has 0 rings (SSSR count). The summed E-state index contributed by atoms with van der Waals surface area (Å²) in [6, 6.07) is 0. The molecule has 1 atom stereocenters. The Morgan fingerprint density at radius 2 is 1.56 bits per heavy atom. The molecule has 0 aromatic rings. The van der Waals surface area contributed by atoms with E-state index in [-0.39, 0.29) is 5.92 Å². The highest BCUT2D eigenvalue weighted by Crippen LogP contribution is 2.06. The third-order valence-electron chi connectivity index (χ3n) is 1.46. The van der Waals surface area contributed by atoms with Gasteiger partial charge in [0.05, 0.1) is 5.25 Å². The van der Waals surface area contributed by atoms with Gasteiger partial charge in [-0.3, -0.25) is 0 Å². The molecule has 0 aliphatic heterocycles. The summed E-state index contributed by atoms with van der Waals surface area (Å²) < 4.78 is 21.1. The molecule has 3 nitrogen and oxygen atoms in total. The number of rotatable bonds is 2. The van der Waals surface area contributed by atoms with Crippen molar-refractivity contribution >= 4 is 10.0 Å². The van der Waals surface area contributed by atoms with Gasteiger partial charge in [-0.1, -0.05) is 13.8 Å². The number of primary sulfonamides is 1. The fraction of sp³-hybridized carbons (Fsp3) is 1.00. The molecule has 0 aliphatic carbocycles. The first-order valence-corrected chi connectivity index (χ1v) is 4.48. The van der Waals surface area contributed by atoms with Crippen molar-refractivity contribution in [3.8, 4) is 0 Å². The van der Waals surface area contributed by atoms with Crippen LogP contribution in [-0.4, -0.2) is 13.7 Å². The number of nitrogens with two attached hydrogens (primary N) is 1. The molecule has 9 heavy (non-hydrogen) atoms. The summed E-state index contributed by atoms with van der Waals surface area (Å²) in [5.41, 5.74) is 0. The van der Waals surface area contributed by atoms with Crippen LogP contribution in [0.15, 0.2) is 0 Å². The maximum absolute atomic E-state index is 10.6. The molecule has 56 valence electrons. The summed E-state index contributed by atoms with van der Waals surface area (Å²) in [6.07, 6.45) is 0. The van der Waals surface area contributed by atoms with Gasteiger partial charge >= 0.3 is 0 Å². The van der Waals surface area contributed by atoms with Crippen molar-refractivity contribution < 1.29 is 8.42 Å². The molecule has 0 bridgehead atoms. The molecular weight excluding hydrogens is 138 g/mol. The zero-order valence-corrected chi connectivity index (χ0v) is 6.77. The molecule has 0 heterocycles. The Morgan fingerprint density at radius 1 is 1.22 bits per heavy atom. The Kier molecular flexibility index (Phi) is 2.64. The van der Waals surface area contributed by atoms with E-state index in [2.05, 4.69) is 0 Å².